The summed E-state index contributed by atoms with van der Waals surface area (Å²) in [7, 11) is 1.87. The Labute approximate surface area is 97.7 Å². The number of hydrogen-bond donors (Lipinski definition) is 1. The molecule has 2 heterocycles. The van der Waals surface area contributed by atoms with Gasteiger partial charge in [0, 0.05) is 31.9 Å². The second-order valence-electron chi connectivity index (χ2n) is 3.75. The fraction of sp³-hybridized carbons (Fsp3) is 0.400. The number of hydrogen-bond acceptors (Lipinski definition) is 4. The quantitative estimate of drug-likeness (QED) is 0.821. The summed E-state index contributed by atoms with van der Waals surface area (Å²) in [6.45, 7) is 2.29. The van der Waals surface area contributed by atoms with Crippen molar-refractivity contribution in [3.8, 4) is 0 Å². The largest absolute Gasteiger partial charge is 0.476 e. The van der Waals surface area contributed by atoms with Gasteiger partial charge in [0.25, 0.3) is 0 Å². The summed E-state index contributed by atoms with van der Waals surface area (Å²) in [5.74, 6) is -1.05. The zero-order valence-electron chi connectivity index (χ0n) is 9.66. The molecule has 0 amide bonds. The molecule has 0 saturated heterocycles. The average Bonchev–Trinajstić information content (AvgIpc) is 2.82. The number of aromatic carboxylic acids is 1. The van der Waals surface area contributed by atoms with Gasteiger partial charge < -0.3 is 5.11 Å². The Morgan fingerprint density at radius 2 is 2.29 bits per heavy atom. The van der Waals surface area contributed by atoms with Crippen molar-refractivity contribution in [2.24, 2.45) is 7.05 Å². The normalized spacial score (nSPS) is 10.7. The first-order valence-corrected chi connectivity index (χ1v) is 5.20. The Morgan fingerprint density at radius 3 is 2.82 bits per heavy atom. The van der Waals surface area contributed by atoms with Crippen molar-refractivity contribution in [2.75, 3.05) is 0 Å². The number of nitrogens with zero attached hydrogens (tertiary/aromatic N) is 5. The molecule has 2 aromatic heterocycles. The Hall–Kier alpha value is -2.18. The summed E-state index contributed by atoms with van der Waals surface area (Å²) in [5.41, 5.74) is 1.64. The maximum atomic E-state index is 10.8. The molecule has 2 rings (SSSR count). The van der Waals surface area contributed by atoms with E-state index in [1.54, 1.807) is 22.5 Å². The van der Waals surface area contributed by atoms with Crippen molar-refractivity contribution in [1.29, 1.82) is 0 Å². The third-order valence-electron chi connectivity index (χ3n) is 2.69. The molecule has 0 spiro atoms. The maximum absolute atomic E-state index is 10.8. The first kappa shape index (κ1) is 11.3. The predicted octanol–water partition coefficient (Wildman–Crippen LogP) is 0.261. The lowest BCUT2D eigenvalue weighted by molar-refractivity contribution is 0.0689. The molecule has 2 aromatic rings. The second kappa shape index (κ2) is 4.36. The van der Waals surface area contributed by atoms with Gasteiger partial charge in [0.15, 0.2) is 5.69 Å². The highest BCUT2D eigenvalue weighted by Gasteiger charge is 2.14. The number of carboxylic acids is 1. The first-order valence-electron chi connectivity index (χ1n) is 5.20. The van der Waals surface area contributed by atoms with Gasteiger partial charge in [0.1, 0.15) is 0 Å². The average molecular weight is 235 g/mol. The van der Waals surface area contributed by atoms with Crippen molar-refractivity contribution < 1.29 is 9.90 Å². The molecule has 0 aromatic carbocycles. The maximum Gasteiger partial charge on any atom is 0.358 e. The highest BCUT2D eigenvalue weighted by Crippen LogP contribution is 2.06. The molecular formula is C10H13N5O2. The summed E-state index contributed by atoms with van der Waals surface area (Å²) in [4.78, 5) is 10.8. The molecule has 0 aliphatic carbocycles. The lowest BCUT2D eigenvalue weighted by Gasteiger charge is -2.03. The van der Waals surface area contributed by atoms with Crippen LogP contribution in [0.25, 0.3) is 0 Å². The van der Waals surface area contributed by atoms with E-state index in [9.17, 15) is 4.79 Å². The van der Waals surface area contributed by atoms with Gasteiger partial charge >= 0.3 is 5.97 Å². The molecule has 7 heteroatoms. The smallest absolute Gasteiger partial charge is 0.358 e. The van der Waals surface area contributed by atoms with Crippen molar-refractivity contribution >= 4 is 5.97 Å². The van der Waals surface area contributed by atoms with E-state index in [1.807, 2.05) is 13.1 Å². The van der Waals surface area contributed by atoms with E-state index in [0.717, 1.165) is 12.1 Å². The standard InChI is InChI=1S/C10H13N5O2/c1-7-9(10(16)17)12-13-15(7)6-4-8-3-5-11-14(8)2/h3,5H,4,6H2,1-2H3,(H,16,17). The summed E-state index contributed by atoms with van der Waals surface area (Å²) in [5, 5.41) is 20.4. The highest BCUT2D eigenvalue weighted by molar-refractivity contribution is 5.86. The molecule has 0 radical (unpaired) electrons. The van der Waals surface area contributed by atoms with Gasteiger partial charge in [-0.15, -0.1) is 5.10 Å². The minimum Gasteiger partial charge on any atom is -0.476 e. The zero-order valence-corrected chi connectivity index (χ0v) is 9.66. The van der Waals surface area contributed by atoms with E-state index in [-0.39, 0.29) is 5.69 Å². The van der Waals surface area contributed by atoms with E-state index in [1.165, 1.54) is 0 Å². The van der Waals surface area contributed by atoms with Gasteiger partial charge in [-0.3, -0.25) is 4.68 Å². The van der Waals surface area contributed by atoms with Gasteiger partial charge in [0.2, 0.25) is 0 Å². The Kier molecular flexibility index (Phi) is 2.90. The Morgan fingerprint density at radius 1 is 1.53 bits per heavy atom. The SMILES string of the molecule is Cc1c(C(=O)O)nnn1CCc1ccnn1C. The van der Waals surface area contributed by atoms with Crippen LogP contribution in [-0.4, -0.2) is 35.9 Å². The van der Waals surface area contributed by atoms with Gasteiger partial charge in [-0.25, -0.2) is 9.48 Å². The number of carboxylic acid groups (broad SMARTS) is 1. The zero-order chi connectivity index (χ0) is 12.4. The predicted molar refractivity (Wildman–Crippen MR) is 58.6 cm³/mol. The molecule has 7 nitrogen and oxygen atoms in total. The number of aryl methyl sites for hydroxylation is 3. The van der Waals surface area contributed by atoms with Crippen LogP contribution in [0.4, 0.5) is 0 Å². The van der Waals surface area contributed by atoms with E-state index in [2.05, 4.69) is 15.4 Å². The summed E-state index contributed by atoms with van der Waals surface area (Å²) < 4.78 is 3.38. The summed E-state index contributed by atoms with van der Waals surface area (Å²) in [6, 6.07) is 1.92. The van der Waals surface area contributed by atoms with Crippen LogP contribution in [0.3, 0.4) is 0 Å². The van der Waals surface area contributed by atoms with Crippen LogP contribution in [0.2, 0.25) is 0 Å². The number of aromatic nitrogens is 5. The van der Waals surface area contributed by atoms with Gasteiger partial charge in [-0.1, -0.05) is 5.21 Å². The lowest BCUT2D eigenvalue weighted by atomic mass is 10.3. The van der Waals surface area contributed by atoms with E-state index >= 15 is 0 Å². The van der Waals surface area contributed by atoms with Crippen LogP contribution in [0.5, 0.6) is 0 Å². The molecule has 17 heavy (non-hydrogen) atoms. The van der Waals surface area contributed by atoms with Crippen LogP contribution >= 0.6 is 0 Å². The Bertz CT molecular complexity index is 543. The van der Waals surface area contributed by atoms with Crippen molar-refractivity contribution in [2.45, 2.75) is 19.9 Å². The molecule has 0 unspecified atom stereocenters. The minimum atomic E-state index is -1.05. The molecule has 90 valence electrons. The van der Waals surface area contributed by atoms with Gasteiger partial charge in [-0.2, -0.15) is 5.10 Å². The van der Waals surface area contributed by atoms with E-state index in [4.69, 9.17) is 5.11 Å². The molecule has 1 N–H and O–H groups in total. The monoisotopic (exact) mass is 235 g/mol. The molecule has 0 fully saturated rings. The lowest BCUT2D eigenvalue weighted by Crippen LogP contribution is -2.09. The first-order chi connectivity index (χ1) is 8.09. The highest BCUT2D eigenvalue weighted by atomic mass is 16.4. The van der Waals surface area contributed by atoms with Crippen LogP contribution in [0.15, 0.2) is 12.3 Å². The molecule has 0 aliphatic heterocycles. The third-order valence-corrected chi connectivity index (χ3v) is 2.69. The molecule has 0 atom stereocenters. The fourth-order valence-corrected chi connectivity index (χ4v) is 1.64. The molecule has 0 aliphatic rings. The molecule has 0 saturated carbocycles. The van der Waals surface area contributed by atoms with Crippen molar-refractivity contribution in [3.63, 3.8) is 0 Å². The molecule has 0 bridgehead atoms. The summed E-state index contributed by atoms with van der Waals surface area (Å²) >= 11 is 0. The number of rotatable bonds is 4. The second-order valence-corrected chi connectivity index (χ2v) is 3.75. The minimum absolute atomic E-state index is 0.00926. The van der Waals surface area contributed by atoms with E-state index in [0.29, 0.717) is 12.2 Å². The van der Waals surface area contributed by atoms with Crippen molar-refractivity contribution in [3.05, 3.63) is 29.3 Å². The van der Waals surface area contributed by atoms with Crippen LogP contribution in [-0.2, 0) is 20.0 Å². The van der Waals surface area contributed by atoms with Gasteiger partial charge in [0.05, 0.1) is 5.69 Å². The van der Waals surface area contributed by atoms with Crippen LogP contribution in [0.1, 0.15) is 21.9 Å². The fourth-order valence-electron chi connectivity index (χ4n) is 1.64. The third kappa shape index (κ3) is 2.17. The van der Waals surface area contributed by atoms with Crippen molar-refractivity contribution in [1.82, 2.24) is 24.8 Å². The summed E-state index contributed by atoms with van der Waals surface area (Å²) in [6.07, 6.45) is 2.46. The van der Waals surface area contributed by atoms with Gasteiger partial charge in [-0.05, 0) is 13.0 Å². The van der Waals surface area contributed by atoms with E-state index < -0.39 is 5.97 Å². The van der Waals surface area contributed by atoms with Crippen LogP contribution in [0, 0.1) is 6.92 Å². The molecular weight excluding hydrogens is 222 g/mol. The number of carbonyl (C=O) groups is 1. The van der Waals surface area contributed by atoms with Crippen LogP contribution < -0.4 is 0 Å². The Balaban J connectivity index is 2.10. The topological polar surface area (TPSA) is 85.8 Å².